The minimum atomic E-state index is 0.293. The fourth-order valence-corrected chi connectivity index (χ4v) is 3.27. The highest BCUT2D eigenvalue weighted by atomic mass is 32.1. The van der Waals surface area contributed by atoms with Gasteiger partial charge in [0, 0.05) is 6.21 Å². The molecule has 1 aromatic heterocycles. The number of fused-ring (bicyclic) bond motifs is 2. The molecular weight excluding hydrogens is 308 g/mol. The molecule has 114 valence electrons. The van der Waals surface area contributed by atoms with Gasteiger partial charge >= 0.3 is 0 Å². The summed E-state index contributed by atoms with van der Waals surface area (Å²) in [4.78, 5) is 8.90. The third kappa shape index (κ3) is 2.96. The van der Waals surface area contributed by atoms with E-state index in [9.17, 15) is 0 Å². The third-order valence-corrected chi connectivity index (χ3v) is 4.42. The summed E-state index contributed by atoms with van der Waals surface area (Å²) in [5.74, 6) is 1.58. The molecule has 0 saturated carbocycles. The van der Waals surface area contributed by atoms with Gasteiger partial charge in [-0.15, -0.1) is 0 Å². The average molecular weight is 322 g/mol. The van der Waals surface area contributed by atoms with Crippen LogP contribution in [0.5, 0.6) is 11.5 Å². The molecule has 5 heteroatoms. The molecule has 0 spiro atoms. The lowest BCUT2D eigenvalue weighted by Gasteiger charge is -1.96. The van der Waals surface area contributed by atoms with Gasteiger partial charge in [0.2, 0.25) is 11.9 Å². The van der Waals surface area contributed by atoms with E-state index in [1.165, 1.54) is 5.56 Å². The highest BCUT2D eigenvalue weighted by Crippen LogP contribution is 2.32. The first-order valence-corrected chi connectivity index (χ1v) is 8.07. The molecular formula is C18H14N2O2S. The Morgan fingerprint density at radius 2 is 2.04 bits per heavy atom. The summed E-state index contributed by atoms with van der Waals surface area (Å²) in [5.41, 5.74) is 3.27. The molecule has 3 aromatic rings. The van der Waals surface area contributed by atoms with Gasteiger partial charge in [-0.25, -0.2) is 9.98 Å². The second-order valence-corrected chi connectivity index (χ2v) is 6.23. The van der Waals surface area contributed by atoms with Crippen LogP contribution >= 0.6 is 11.3 Å². The number of thiazole rings is 1. The van der Waals surface area contributed by atoms with Crippen molar-refractivity contribution in [1.29, 1.82) is 0 Å². The quantitative estimate of drug-likeness (QED) is 0.654. The Kier molecular flexibility index (Phi) is 3.55. The summed E-state index contributed by atoms with van der Waals surface area (Å²) in [6.07, 6.45) is 5.63. The largest absolute Gasteiger partial charge is 0.454 e. The molecule has 0 saturated heterocycles. The zero-order chi connectivity index (χ0) is 15.6. The monoisotopic (exact) mass is 322 g/mol. The molecule has 1 aliphatic rings. The van der Waals surface area contributed by atoms with Crippen molar-refractivity contribution in [3.63, 3.8) is 0 Å². The maximum atomic E-state index is 5.36. The number of hydrogen-bond acceptors (Lipinski definition) is 5. The number of allylic oxidation sites excluding steroid dienone is 1. The Morgan fingerprint density at radius 3 is 3.00 bits per heavy atom. The molecule has 0 bridgehead atoms. The predicted octanol–water partition coefficient (Wildman–Crippen LogP) is 4.75. The molecule has 4 nitrogen and oxygen atoms in total. The number of aromatic nitrogens is 1. The van der Waals surface area contributed by atoms with Crippen LogP contribution in [0, 0.1) is 6.92 Å². The van der Waals surface area contributed by atoms with Crippen LogP contribution in [0.15, 0.2) is 47.5 Å². The maximum absolute atomic E-state index is 5.36. The number of aliphatic imine (C=N–C) groups is 1. The smallest absolute Gasteiger partial charge is 0.231 e. The number of nitrogens with zero attached hydrogens (tertiary/aromatic N) is 2. The molecule has 2 heterocycles. The minimum Gasteiger partial charge on any atom is -0.454 e. The summed E-state index contributed by atoms with van der Waals surface area (Å²) >= 11 is 1.59. The van der Waals surface area contributed by atoms with Crippen molar-refractivity contribution in [2.24, 2.45) is 4.99 Å². The van der Waals surface area contributed by atoms with E-state index in [2.05, 4.69) is 29.0 Å². The lowest BCUT2D eigenvalue weighted by Crippen LogP contribution is -1.92. The molecule has 0 aliphatic carbocycles. The number of rotatable bonds is 3. The Labute approximate surface area is 137 Å². The molecule has 0 atom stereocenters. The fourth-order valence-electron chi connectivity index (χ4n) is 2.35. The van der Waals surface area contributed by atoms with Gasteiger partial charge in [-0.3, -0.25) is 0 Å². The van der Waals surface area contributed by atoms with Crippen molar-refractivity contribution in [3.05, 3.63) is 53.6 Å². The van der Waals surface area contributed by atoms with E-state index in [1.54, 1.807) is 17.6 Å². The van der Waals surface area contributed by atoms with Gasteiger partial charge in [0.15, 0.2) is 11.5 Å². The van der Waals surface area contributed by atoms with Crippen LogP contribution in [0.3, 0.4) is 0 Å². The summed E-state index contributed by atoms with van der Waals surface area (Å²) in [6, 6.07) is 12.1. The first kappa shape index (κ1) is 14.0. The van der Waals surface area contributed by atoms with Crippen molar-refractivity contribution < 1.29 is 9.47 Å². The first-order valence-electron chi connectivity index (χ1n) is 7.25. The minimum absolute atomic E-state index is 0.293. The molecule has 2 aromatic carbocycles. The number of ether oxygens (including phenoxy) is 2. The molecule has 0 radical (unpaired) electrons. The fraction of sp³-hybridized carbons (Fsp3) is 0.111. The van der Waals surface area contributed by atoms with Gasteiger partial charge in [-0.2, -0.15) is 0 Å². The van der Waals surface area contributed by atoms with E-state index >= 15 is 0 Å². The van der Waals surface area contributed by atoms with E-state index in [1.807, 2.05) is 36.4 Å². The van der Waals surface area contributed by atoms with Crippen molar-refractivity contribution >= 4 is 39.0 Å². The first-order chi connectivity index (χ1) is 11.3. The molecule has 0 unspecified atom stereocenters. The van der Waals surface area contributed by atoms with Crippen molar-refractivity contribution in [2.45, 2.75) is 6.92 Å². The maximum Gasteiger partial charge on any atom is 0.231 e. The number of hydrogen-bond donors (Lipinski definition) is 0. The van der Waals surface area contributed by atoms with Crippen molar-refractivity contribution in [2.75, 3.05) is 6.79 Å². The molecule has 1 aliphatic heterocycles. The van der Waals surface area contributed by atoms with E-state index in [-0.39, 0.29) is 0 Å². The Morgan fingerprint density at radius 1 is 1.13 bits per heavy atom. The number of aryl methyl sites for hydroxylation is 1. The second-order valence-electron chi connectivity index (χ2n) is 5.22. The summed E-state index contributed by atoms with van der Waals surface area (Å²) in [5, 5.41) is 0.765. The summed E-state index contributed by atoms with van der Waals surface area (Å²) in [7, 11) is 0. The second kappa shape index (κ2) is 5.85. The topological polar surface area (TPSA) is 43.7 Å². The van der Waals surface area contributed by atoms with Crippen molar-refractivity contribution in [1.82, 2.24) is 4.98 Å². The van der Waals surface area contributed by atoms with Gasteiger partial charge in [-0.05, 0) is 48.4 Å². The third-order valence-electron chi connectivity index (χ3n) is 3.49. The molecule has 0 N–H and O–H groups in total. The summed E-state index contributed by atoms with van der Waals surface area (Å²) in [6.45, 7) is 2.37. The van der Waals surface area contributed by atoms with Crippen LogP contribution in [-0.4, -0.2) is 18.0 Å². The van der Waals surface area contributed by atoms with E-state index < -0.39 is 0 Å². The normalized spacial score (nSPS) is 13.6. The van der Waals surface area contributed by atoms with Crippen LogP contribution in [0.4, 0.5) is 5.13 Å². The highest BCUT2D eigenvalue weighted by Gasteiger charge is 2.11. The predicted molar refractivity (Wildman–Crippen MR) is 94.1 cm³/mol. The zero-order valence-corrected chi connectivity index (χ0v) is 13.3. The molecule has 4 rings (SSSR count). The van der Waals surface area contributed by atoms with E-state index in [0.29, 0.717) is 6.79 Å². The Balaban J connectivity index is 1.49. The lowest BCUT2D eigenvalue weighted by atomic mass is 10.2. The molecule has 0 fully saturated rings. The standard InChI is InChI=1S/C18H14N2O2S/c1-12-4-6-14-17(9-12)23-18(20-14)19-8-2-3-13-5-7-15-16(10-13)22-11-21-15/h2-10H,11H2,1H3/b3-2+,19-8+. The van der Waals surface area contributed by atoms with Crippen LogP contribution in [0.2, 0.25) is 0 Å². The van der Waals surface area contributed by atoms with Gasteiger partial charge in [0.05, 0.1) is 10.2 Å². The van der Waals surface area contributed by atoms with Crippen LogP contribution < -0.4 is 9.47 Å². The zero-order valence-electron chi connectivity index (χ0n) is 12.5. The molecule has 23 heavy (non-hydrogen) atoms. The highest BCUT2D eigenvalue weighted by molar-refractivity contribution is 7.22. The summed E-state index contributed by atoms with van der Waals surface area (Å²) < 4.78 is 11.8. The van der Waals surface area contributed by atoms with Gasteiger partial charge in [0.1, 0.15) is 0 Å². The van der Waals surface area contributed by atoms with Crippen LogP contribution in [0.25, 0.3) is 16.3 Å². The van der Waals surface area contributed by atoms with E-state index in [4.69, 9.17) is 9.47 Å². The number of benzene rings is 2. The van der Waals surface area contributed by atoms with Gasteiger partial charge < -0.3 is 9.47 Å². The molecule has 0 amide bonds. The average Bonchev–Trinajstić information content (AvgIpc) is 3.16. The van der Waals surface area contributed by atoms with E-state index in [0.717, 1.165) is 32.4 Å². The van der Waals surface area contributed by atoms with Gasteiger partial charge in [-0.1, -0.05) is 29.5 Å². The Hall–Kier alpha value is -2.66. The lowest BCUT2D eigenvalue weighted by molar-refractivity contribution is 0.174. The van der Waals surface area contributed by atoms with Gasteiger partial charge in [0.25, 0.3) is 0 Å². The Bertz CT molecular complexity index is 928. The van der Waals surface area contributed by atoms with Crippen LogP contribution in [-0.2, 0) is 0 Å². The van der Waals surface area contributed by atoms with Crippen LogP contribution in [0.1, 0.15) is 11.1 Å². The van der Waals surface area contributed by atoms with Crippen molar-refractivity contribution in [3.8, 4) is 11.5 Å². The SMILES string of the molecule is Cc1ccc2nc(/N=C/C=C/c3ccc4c(c3)OCO4)sc2c1.